The van der Waals surface area contributed by atoms with E-state index in [1.165, 1.54) is 12.1 Å². The zero-order valence-electron chi connectivity index (χ0n) is 15.1. The van der Waals surface area contributed by atoms with E-state index in [1.807, 2.05) is 0 Å². The molecule has 1 aliphatic heterocycles. The highest BCUT2D eigenvalue weighted by atomic mass is 35.5. The summed E-state index contributed by atoms with van der Waals surface area (Å²) >= 11 is 5.77. The Morgan fingerprint density at radius 1 is 1.39 bits per heavy atom. The third kappa shape index (κ3) is 6.31. The summed E-state index contributed by atoms with van der Waals surface area (Å²) in [6.45, 7) is 2.07. The van der Waals surface area contributed by atoms with Crippen LogP contribution < -0.4 is 15.4 Å². The Bertz CT molecular complexity index is 767. The van der Waals surface area contributed by atoms with Crippen molar-refractivity contribution in [3.05, 3.63) is 59.0 Å². The van der Waals surface area contributed by atoms with Crippen LogP contribution in [0.1, 0.15) is 11.7 Å². The van der Waals surface area contributed by atoms with Crippen molar-refractivity contribution >= 4 is 29.9 Å². The number of halogens is 3. The minimum Gasteiger partial charge on any atom is -0.468 e. The van der Waals surface area contributed by atoms with Crippen LogP contribution in [-0.2, 0) is 9.53 Å². The topological polar surface area (TPSA) is 72.5 Å². The molecule has 2 aromatic rings. The van der Waals surface area contributed by atoms with Crippen molar-refractivity contribution < 1.29 is 18.7 Å². The second-order valence-corrected chi connectivity index (χ2v) is 6.60. The molecule has 1 amide bonds. The summed E-state index contributed by atoms with van der Waals surface area (Å²) in [5, 5.41) is 6.18. The van der Waals surface area contributed by atoms with Crippen LogP contribution in [0.3, 0.4) is 0 Å². The van der Waals surface area contributed by atoms with Crippen molar-refractivity contribution in [2.75, 3.05) is 32.8 Å². The quantitative estimate of drug-likeness (QED) is 0.738. The lowest BCUT2D eigenvalue weighted by molar-refractivity contribution is -0.123. The van der Waals surface area contributed by atoms with Crippen LogP contribution in [0.2, 0.25) is 5.02 Å². The second-order valence-electron chi connectivity index (χ2n) is 6.19. The Morgan fingerprint density at radius 3 is 3.00 bits per heavy atom. The number of hydrogen-bond donors (Lipinski definition) is 2. The lowest BCUT2D eigenvalue weighted by atomic mass is 9.95. The molecule has 0 bridgehead atoms. The summed E-state index contributed by atoms with van der Waals surface area (Å²) in [4.78, 5) is 16.1. The van der Waals surface area contributed by atoms with E-state index in [4.69, 9.17) is 21.1 Å². The molecule has 2 N–H and O–H groups in total. The Balaban J connectivity index is 0.00000280. The Labute approximate surface area is 174 Å². The number of carbonyl (C=O) groups excluding carboxylic acids is 1. The molecule has 0 saturated carbocycles. The summed E-state index contributed by atoms with van der Waals surface area (Å²) < 4.78 is 25.1. The summed E-state index contributed by atoms with van der Waals surface area (Å²) in [5.41, 5.74) is 0.699. The van der Waals surface area contributed by atoms with Crippen LogP contribution in [0.25, 0.3) is 0 Å². The molecule has 28 heavy (non-hydrogen) atoms. The number of aromatic nitrogens is 1. The maximum Gasteiger partial charge on any atom is 0.258 e. The average Bonchev–Trinajstić information content (AvgIpc) is 2.93. The molecule has 0 radical (unpaired) electrons. The predicted molar refractivity (Wildman–Crippen MR) is 106 cm³/mol. The maximum absolute atomic E-state index is 13.8. The van der Waals surface area contributed by atoms with Gasteiger partial charge in [-0.25, -0.2) is 9.37 Å². The minimum atomic E-state index is -0.485. The zero-order chi connectivity index (χ0) is 19.1. The van der Waals surface area contributed by atoms with Crippen molar-refractivity contribution in [2.45, 2.75) is 6.10 Å². The van der Waals surface area contributed by atoms with Crippen LogP contribution in [0, 0.1) is 11.7 Å². The van der Waals surface area contributed by atoms with Gasteiger partial charge in [0.1, 0.15) is 5.82 Å². The predicted octanol–water partition coefficient (Wildman–Crippen LogP) is 2.77. The summed E-state index contributed by atoms with van der Waals surface area (Å²) in [5.74, 6) is -0.416. The van der Waals surface area contributed by atoms with Gasteiger partial charge in [0.2, 0.25) is 5.88 Å². The molecular weight excluding hydrogens is 408 g/mol. The Hall–Kier alpha value is -1.93. The van der Waals surface area contributed by atoms with Gasteiger partial charge in [-0.15, -0.1) is 12.4 Å². The number of pyridine rings is 1. The van der Waals surface area contributed by atoms with Crippen LogP contribution in [-0.4, -0.2) is 43.7 Å². The monoisotopic (exact) mass is 429 g/mol. The lowest BCUT2D eigenvalue weighted by Crippen LogP contribution is -2.38. The molecule has 0 spiro atoms. The summed E-state index contributed by atoms with van der Waals surface area (Å²) in [7, 11) is 0. The molecule has 9 heteroatoms. The molecule has 3 rings (SSSR count). The standard InChI is InChI=1S/C19H21ClFN3O3.ClH/c20-15-5-4-13(9-16(15)21)19-14(10-22-7-8-26-19)11-24-17(25)12-27-18-3-1-2-6-23-18;/h1-6,9,14,19,22H,7-8,10-12H2,(H,24,25);1H/t14-,19-;/m0./s1. The fourth-order valence-electron chi connectivity index (χ4n) is 2.89. The second kappa shape index (κ2) is 11.2. The van der Waals surface area contributed by atoms with E-state index in [2.05, 4.69) is 15.6 Å². The molecular formula is C19H22Cl2FN3O3. The van der Waals surface area contributed by atoms with Gasteiger partial charge in [0.25, 0.3) is 5.91 Å². The molecule has 1 aromatic carbocycles. The molecule has 1 aromatic heterocycles. The fraction of sp³-hybridized carbons (Fsp3) is 0.368. The van der Waals surface area contributed by atoms with Crippen LogP contribution in [0.4, 0.5) is 4.39 Å². The highest BCUT2D eigenvalue weighted by Gasteiger charge is 2.27. The van der Waals surface area contributed by atoms with E-state index in [9.17, 15) is 9.18 Å². The molecule has 1 fully saturated rings. The van der Waals surface area contributed by atoms with Gasteiger partial charge in [-0.2, -0.15) is 0 Å². The molecule has 0 aliphatic carbocycles. The number of nitrogens with one attached hydrogen (secondary N) is 2. The molecule has 6 nitrogen and oxygen atoms in total. The number of benzene rings is 1. The zero-order valence-corrected chi connectivity index (χ0v) is 16.6. The van der Waals surface area contributed by atoms with Gasteiger partial charge in [0.15, 0.2) is 6.61 Å². The third-order valence-electron chi connectivity index (χ3n) is 4.23. The number of rotatable bonds is 6. The minimum absolute atomic E-state index is 0. The van der Waals surface area contributed by atoms with E-state index in [1.54, 1.807) is 30.5 Å². The summed E-state index contributed by atoms with van der Waals surface area (Å²) in [6, 6.07) is 9.89. The van der Waals surface area contributed by atoms with Crippen LogP contribution >= 0.6 is 24.0 Å². The highest BCUT2D eigenvalue weighted by molar-refractivity contribution is 6.30. The SMILES string of the molecule is Cl.O=C(COc1ccccn1)NC[C@@H]1CNCCO[C@H]1c1ccc(Cl)c(F)c1. The molecule has 152 valence electrons. The normalized spacial score (nSPS) is 19.2. The Kier molecular flexibility index (Phi) is 8.92. The van der Waals surface area contributed by atoms with Gasteiger partial charge in [0, 0.05) is 37.8 Å². The Morgan fingerprint density at radius 2 is 2.25 bits per heavy atom. The van der Waals surface area contributed by atoms with E-state index >= 15 is 0 Å². The van der Waals surface area contributed by atoms with Crippen molar-refractivity contribution in [1.82, 2.24) is 15.6 Å². The molecule has 1 saturated heterocycles. The first-order valence-corrected chi connectivity index (χ1v) is 9.09. The third-order valence-corrected chi connectivity index (χ3v) is 4.54. The van der Waals surface area contributed by atoms with Gasteiger partial charge in [0.05, 0.1) is 17.7 Å². The first-order chi connectivity index (χ1) is 13.1. The smallest absolute Gasteiger partial charge is 0.258 e. The largest absolute Gasteiger partial charge is 0.468 e. The van der Waals surface area contributed by atoms with Gasteiger partial charge >= 0.3 is 0 Å². The molecule has 2 atom stereocenters. The van der Waals surface area contributed by atoms with Crippen molar-refractivity contribution in [1.29, 1.82) is 0 Å². The van der Waals surface area contributed by atoms with Gasteiger partial charge in [-0.05, 0) is 23.8 Å². The van der Waals surface area contributed by atoms with Gasteiger partial charge < -0.3 is 20.1 Å². The fourth-order valence-corrected chi connectivity index (χ4v) is 3.01. The van der Waals surface area contributed by atoms with Crippen LogP contribution in [0.5, 0.6) is 5.88 Å². The number of carbonyl (C=O) groups is 1. The van der Waals surface area contributed by atoms with Gasteiger partial charge in [-0.3, -0.25) is 4.79 Å². The molecule has 1 aliphatic rings. The van der Waals surface area contributed by atoms with E-state index in [0.29, 0.717) is 37.7 Å². The number of ether oxygens (including phenoxy) is 2. The van der Waals surface area contributed by atoms with E-state index in [0.717, 1.165) is 0 Å². The van der Waals surface area contributed by atoms with Crippen molar-refractivity contribution in [2.24, 2.45) is 5.92 Å². The van der Waals surface area contributed by atoms with Crippen molar-refractivity contribution in [3.63, 3.8) is 0 Å². The van der Waals surface area contributed by atoms with Gasteiger partial charge in [-0.1, -0.05) is 23.7 Å². The van der Waals surface area contributed by atoms with Crippen molar-refractivity contribution in [3.8, 4) is 5.88 Å². The summed E-state index contributed by atoms with van der Waals surface area (Å²) in [6.07, 6.45) is 1.25. The highest BCUT2D eigenvalue weighted by Crippen LogP contribution is 2.29. The average molecular weight is 430 g/mol. The van der Waals surface area contributed by atoms with Crippen LogP contribution in [0.15, 0.2) is 42.6 Å². The maximum atomic E-state index is 13.8. The number of nitrogens with zero attached hydrogens (tertiary/aromatic N) is 1. The molecule has 0 unspecified atom stereocenters. The lowest BCUT2D eigenvalue weighted by Gasteiger charge is -2.25. The number of hydrogen-bond acceptors (Lipinski definition) is 5. The van der Waals surface area contributed by atoms with E-state index < -0.39 is 5.82 Å². The number of amides is 1. The molecule has 2 heterocycles. The first-order valence-electron chi connectivity index (χ1n) is 8.71. The first kappa shape index (κ1) is 22.4. The van der Waals surface area contributed by atoms with E-state index in [-0.39, 0.29) is 42.0 Å².